The molecule has 0 nitrogen and oxygen atoms in total. The van der Waals surface area contributed by atoms with Gasteiger partial charge in [-0.1, -0.05) is 89.1 Å². The highest BCUT2D eigenvalue weighted by atomic mass is 32.1. The topological polar surface area (TPSA) is 0 Å². The van der Waals surface area contributed by atoms with E-state index in [4.69, 9.17) is 0 Å². The molecule has 0 saturated heterocycles. The zero-order chi connectivity index (χ0) is 13.1. The van der Waals surface area contributed by atoms with Crippen LogP contribution < -0.4 is 0 Å². The van der Waals surface area contributed by atoms with Crippen molar-refractivity contribution in [2.45, 2.75) is 77.6 Å². The van der Waals surface area contributed by atoms with Crippen LogP contribution in [0.15, 0.2) is 30.3 Å². The van der Waals surface area contributed by atoms with Crippen molar-refractivity contribution in [3.05, 3.63) is 35.9 Å². The number of hydrogen-bond acceptors (Lipinski definition) is 0. The van der Waals surface area contributed by atoms with Crippen LogP contribution >= 0.6 is 13.5 Å². The Morgan fingerprint density at radius 1 is 0.737 bits per heavy atom. The molecule has 0 aliphatic rings. The Balaban J connectivity index is 0.00000324. The Kier molecular flexibility index (Phi) is 12.3. The van der Waals surface area contributed by atoms with E-state index in [2.05, 4.69) is 44.2 Å². The van der Waals surface area contributed by atoms with Crippen LogP contribution in [0.3, 0.4) is 0 Å². The third-order valence-electron chi connectivity index (χ3n) is 3.83. The van der Waals surface area contributed by atoms with Gasteiger partial charge in [-0.3, -0.25) is 0 Å². The second kappa shape index (κ2) is 12.6. The van der Waals surface area contributed by atoms with Crippen molar-refractivity contribution >= 4 is 13.5 Å². The van der Waals surface area contributed by atoms with Gasteiger partial charge >= 0.3 is 0 Å². The molecule has 0 aliphatic carbocycles. The van der Waals surface area contributed by atoms with Crippen LogP contribution in [-0.2, 0) is 0 Å². The van der Waals surface area contributed by atoms with Gasteiger partial charge in [-0.25, -0.2) is 0 Å². The van der Waals surface area contributed by atoms with Gasteiger partial charge in [0.25, 0.3) is 0 Å². The van der Waals surface area contributed by atoms with E-state index in [1.54, 1.807) is 5.56 Å². The average Bonchev–Trinajstić information content (AvgIpc) is 2.43. The molecule has 1 unspecified atom stereocenters. The first-order chi connectivity index (χ1) is 8.88. The lowest BCUT2D eigenvalue weighted by molar-refractivity contribution is 0.504. The SMILES string of the molecule is CCCCCCCC(CCCC)c1ccccc1.S. The molecule has 1 heteroatoms. The van der Waals surface area contributed by atoms with Gasteiger partial charge in [-0.05, 0) is 24.3 Å². The molecule has 0 bridgehead atoms. The van der Waals surface area contributed by atoms with Gasteiger partial charge in [0, 0.05) is 0 Å². The normalized spacial score (nSPS) is 11.9. The van der Waals surface area contributed by atoms with Crippen LogP contribution in [-0.4, -0.2) is 0 Å². The second-order valence-corrected chi connectivity index (χ2v) is 5.45. The fraction of sp³-hybridized carbons (Fsp3) is 0.667. The molecule has 0 amide bonds. The molecule has 1 atom stereocenters. The van der Waals surface area contributed by atoms with Crippen molar-refractivity contribution in [3.8, 4) is 0 Å². The van der Waals surface area contributed by atoms with Crippen molar-refractivity contribution < 1.29 is 0 Å². The summed E-state index contributed by atoms with van der Waals surface area (Å²) in [6.07, 6.45) is 12.4. The van der Waals surface area contributed by atoms with E-state index in [1.807, 2.05) is 0 Å². The van der Waals surface area contributed by atoms with Crippen molar-refractivity contribution in [2.75, 3.05) is 0 Å². The molecule has 0 N–H and O–H groups in total. The van der Waals surface area contributed by atoms with Crippen LogP contribution in [0.4, 0.5) is 0 Å². The highest BCUT2D eigenvalue weighted by molar-refractivity contribution is 7.59. The maximum absolute atomic E-state index is 2.31. The summed E-state index contributed by atoms with van der Waals surface area (Å²) >= 11 is 0. The Hall–Kier alpha value is -0.430. The van der Waals surface area contributed by atoms with E-state index in [9.17, 15) is 0 Å². The van der Waals surface area contributed by atoms with Gasteiger partial charge in [0.1, 0.15) is 0 Å². The van der Waals surface area contributed by atoms with Crippen molar-refractivity contribution in [1.82, 2.24) is 0 Å². The highest BCUT2D eigenvalue weighted by Crippen LogP contribution is 2.27. The molecule has 1 aromatic carbocycles. The van der Waals surface area contributed by atoms with E-state index in [-0.39, 0.29) is 13.5 Å². The monoisotopic (exact) mass is 280 g/mol. The molecule has 19 heavy (non-hydrogen) atoms. The first-order valence-electron chi connectivity index (χ1n) is 7.93. The quantitative estimate of drug-likeness (QED) is 0.433. The molecule has 0 radical (unpaired) electrons. The lowest BCUT2D eigenvalue weighted by Gasteiger charge is -2.17. The van der Waals surface area contributed by atoms with E-state index < -0.39 is 0 Å². The highest BCUT2D eigenvalue weighted by Gasteiger charge is 2.10. The summed E-state index contributed by atoms with van der Waals surface area (Å²) in [6, 6.07) is 11.1. The lowest BCUT2D eigenvalue weighted by atomic mass is 9.88. The Morgan fingerprint density at radius 3 is 1.95 bits per heavy atom. The van der Waals surface area contributed by atoms with Gasteiger partial charge in [0.2, 0.25) is 0 Å². The van der Waals surface area contributed by atoms with E-state index in [1.165, 1.54) is 57.8 Å². The van der Waals surface area contributed by atoms with E-state index >= 15 is 0 Å². The summed E-state index contributed by atoms with van der Waals surface area (Å²) in [7, 11) is 0. The van der Waals surface area contributed by atoms with E-state index in [0.717, 1.165) is 5.92 Å². The Morgan fingerprint density at radius 2 is 1.32 bits per heavy atom. The van der Waals surface area contributed by atoms with Crippen molar-refractivity contribution in [2.24, 2.45) is 0 Å². The van der Waals surface area contributed by atoms with Crippen LogP contribution in [0.25, 0.3) is 0 Å². The molecule has 110 valence electrons. The van der Waals surface area contributed by atoms with Gasteiger partial charge < -0.3 is 0 Å². The minimum Gasteiger partial charge on any atom is -0.197 e. The summed E-state index contributed by atoms with van der Waals surface area (Å²) < 4.78 is 0. The Bertz CT molecular complexity index is 281. The minimum absolute atomic E-state index is 0. The van der Waals surface area contributed by atoms with Crippen LogP contribution in [0, 0.1) is 0 Å². The summed E-state index contributed by atoms with van der Waals surface area (Å²) in [5, 5.41) is 0. The van der Waals surface area contributed by atoms with Gasteiger partial charge in [-0.2, -0.15) is 13.5 Å². The molecule has 0 fully saturated rings. The van der Waals surface area contributed by atoms with Crippen LogP contribution in [0.2, 0.25) is 0 Å². The molecular formula is C18H32S. The number of rotatable bonds is 10. The number of hydrogen-bond donors (Lipinski definition) is 0. The predicted molar refractivity (Wildman–Crippen MR) is 92.5 cm³/mol. The molecule has 0 spiro atoms. The van der Waals surface area contributed by atoms with E-state index in [0.29, 0.717) is 0 Å². The van der Waals surface area contributed by atoms with Crippen molar-refractivity contribution in [1.29, 1.82) is 0 Å². The summed E-state index contributed by atoms with van der Waals surface area (Å²) in [4.78, 5) is 0. The average molecular weight is 281 g/mol. The third kappa shape index (κ3) is 8.36. The van der Waals surface area contributed by atoms with Crippen molar-refractivity contribution in [3.63, 3.8) is 0 Å². The molecule has 1 rings (SSSR count). The summed E-state index contributed by atoms with van der Waals surface area (Å²) in [6.45, 7) is 4.58. The molecule has 0 aromatic heterocycles. The summed E-state index contributed by atoms with van der Waals surface area (Å²) in [5.74, 6) is 0.799. The smallest absolute Gasteiger partial charge is 0.0162 e. The molecule has 0 saturated carbocycles. The lowest BCUT2D eigenvalue weighted by Crippen LogP contribution is -1.99. The molecule has 0 heterocycles. The number of benzene rings is 1. The molecular weight excluding hydrogens is 248 g/mol. The van der Waals surface area contributed by atoms with Gasteiger partial charge in [-0.15, -0.1) is 0 Å². The first-order valence-corrected chi connectivity index (χ1v) is 7.93. The maximum atomic E-state index is 2.31. The minimum atomic E-state index is 0. The first kappa shape index (κ1) is 18.6. The molecule has 0 aliphatic heterocycles. The fourth-order valence-electron chi connectivity index (χ4n) is 2.65. The predicted octanol–water partition coefficient (Wildman–Crippen LogP) is 6.43. The third-order valence-corrected chi connectivity index (χ3v) is 3.83. The standard InChI is InChI=1S/C18H30.H2S/c1-3-5-7-8-10-14-17(13-6-4-2)18-15-11-9-12-16-18;/h9,11-12,15-17H,3-8,10,13-14H2,1-2H3;1H2. The van der Waals surface area contributed by atoms with Gasteiger partial charge in [0.05, 0.1) is 0 Å². The van der Waals surface area contributed by atoms with Gasteiger partial charge in [0.15, 0.2) is 0 Å². The largest absolute Gasteiger partial charge is 0.197 e. The zero-order valence-electron chi connectivity index (χ0n) is 12.8. The van der Waals surface area contributed by atoms with Crippen LogP contribution in [0.5, 0.6) is 0 Å². The Labute approximate surface area is 127 Å². The molecule has 1 aromatic rings. The zero-order valence-corrected chi connectivity index (χ0v) is 13.8. The van der Waals surface area contributed by atoms with Crippen LogP contribution in [0.1, 0.15) is 83.1 Å². The number of unbranched alkanes of at least 4 members (excludes halogenated alkanes) is 5. The second-order valence-electron chi connectivity index (χ2n) is 5.45. The maximum Gasteiger partial charge on any atom is -0.0162 e. The summed E-state index contributed by atoms with van der Waals surface area (Å²) in [5.41, 5.74) is 1.56. The fourth-order valence-corrected chi connectivity index (χ4v) is 2.65.